The number of hydrogen-bond acceptors (Lipinski definition) is 2. The third-order valence-electron chi connectivity index (χ3n) is 0.902. The van der Waals surface area contributed by atoms with E-state index in [1.165, 1.54) is 7.11 Å². The van der Waals surface area contributed by atoms with Gasteiger partial charge in [-0.2, -0.15) is 0 Å². The van der Waals surface area contributed by atoms with Gasteiger partial charge in [-0.05, 0) is 12.0 Å². The average Bonchev–Trinajstić information content (AvgIpc) is 1.83. The van der Waals surface area contributed by atoms with E-state index in [2.05, 4.69) is 4.74 Å². The molecule has 0 bridgehead atoms. The van der Waals surface area contributed by atoms with Crippen LogP contribution in [0.1, 0.15) is 13.8 Å². The number of aliphatic hydroxyl groups excluding tert-OH is 1. The van der Waals surface area contributed by atoms with Crippen molar-refractivity contribution < 1.29 is 9.84 Å². The third kappa shape index (κ3) is 5.53. The molecule has 0 radical (unpaired) electrons. The fraction of sp³-hybridized carbons (Fsp3) is 0.714. The van der Waals surface area contributed by atoms with Crippen LogP contribution in [-0.2, 0) is 4.74 Å². The number of hydrogen-bond donors (Lipinski definition) is 1. The van der Waals surface area contributed by atoms with Gasteiger partial charge in [0.1, 0.15) is 0 Å². The van der Waals surface area contributed by atoms with E-state index in [1.54, 1.807) is 6.08 Å². The maximum atomic E-state index is 8.80. The van der Waals surface area contributed by atoms with Crippen molar-refractivity contribution in [1.29, 1.82) is 0 Å². The van der Waals surface area contributed by atoms with Gasteiger partial charge in [0.2, 0.25) is 0 Å². The summed E-state index contributed by atoms with van der Waals surface area (Å²) in [7, 11) is 1.47. The van der Waals surface area contributed by atoms with Crippen molar-refractivity contribution >= 4 is 0 Å². The first-order chi connectivity index (χ1) is 4.16. The van der Waals surface area contributed by atoms with E-state index >= 15 is 0 Å². The highest BCUT2D eigenvalue weighted by atomic mass is 16.6. The van der Waals surface area contributed by atoms with Crippen molar-refractivity contribution in [3.05, 3.63) is 12.2 Å². The summed E-state index contributed by atoms with van der Waals surface area (Å²) in [6, 6.07) is 0. The summed E-state index contributed by atoms with van der Waals surface area (Å²) in [4.78, 5) is 0. The van der Waals surface area contributed by atoms with Crippen LogP contribution in [0.25, 0.3) is 0 Å². The van der Waals surface area contributed by atoms with Crippen LogP contribution in [0.4, 0.5) is 0 Å². The van der Waals surface area contributed by atoms with E-state index < -0.39 is 6.29 Å². The predicted molar refractivity (Wildman–Crippen MR) is 37.0 cm³/mol. The quantitative estimate of drug-likeness (QED) is 0.459. The normalized spacial score (nSPS) is 15.2. The van der Waals surface area contributed by atoms with Gasteiger partial charge in [-0.1, -0.05) is 19.9 Å². The molecule has 0 aromatic heterocycles. The van der Waals surface area contributed by atoms with E-state index in [9.17, 15) is 0 Å². The number of rotatable bonds is 3. The van der Waals surface area contributed by atoms with Crippen molar-refractivity contribution in [2.45, 2.75) is 20.1 Å². The van der Waals surface area contributed by atoms with Gasteiger partial charge in [0.15, 0.2) is 6.29 Å². The molecule has 54 valence electrons. The maximum Gasteiger partial charge on any atom is 0.173 e. The van der Waals surface area contributed by atoms with Gasteiger partial charge in [-0.3, -0.25) is 0 Å². The van der Waals surface area contributed by atoms with Crippen molar-refractivity contribution in [3.8, 4) is 0 Å². The highest BCUT2D eigenvalue weighted by Crippen LogP contribution is 1.95. The number of methoxy groups -OCH3 is 1. The molecule has 0 saturated heterocycles. The average molecular weight is 130 g/mol. The summed E-state index contributed by atoms with van der Waals surface area (Å²) >= 11 is 0. The molecule has 0 aliphatic carbocycles. The zero-order valence-corrected chi connectivity index (χ0v) is 6.16. The molecule has 2 nitrogen and oxygen atoms in total. The molecule has 0 aliphatic heterocycles. The molecule has 0 aromatic rings. The van der Waals surface area contributed by atoms with E-state index in [0.29, 0.717) is 5.92 Å². The topological polar surface area (TPSA) is 29.5 Å². The van der Waals surface area contributed by atoms with Gasteiger partial charge >= 0.3 is 0 Å². The first-order valence-corrected chi connectivity index (χ1v) is 3.06. The van der Waals surface area contributed by atoms with Crippen LogP contribution in [0.2, 0.25) is 0 Å². The Morgan fingerprint density at radius 1 is 1.33 bits per heavy atom. The zero-order chi connectivity index (χ0) is 7.28. The lowest BCUT2D eigenvalue weighted by Crippen LogP contribution is -2.03. The molecular formula is C7H14O2. The van der Waals surface area contributed by atoms with Crippen LogP contribution >= 0.6 is 0 Å². The standard InChI is InChI=1S/C7H14O2/c1-6(2)4-5-7(8)9-3/h4-8H,1-3H3/b5-4+. The third-order valence-corrected chi connectivity index (χ3v) is 0.902. The van der Waals surface area contributed by atoms with Crippen molar-refractivity contribution in [1.82, 2.24) is 0 Å². The molecule has 9 heavy (non-hydrogen) atoms. The van der Waals surface area contributed by atoms with Crippen molar-refractivity contribution in [2.24, 2.45) is 5.92 Å². The Morgan fingerprint density at radius 2 is 1.89 bits per heavy atom. The highest BCUT2D eigenvalue weighted by molar-refractivity contribution is 4.86. The molecule has 0 fully saturated rings. The molecule has 1 unspecified atom stereocenters. The Morgan fingerprint density at radius 3 is 2.22 bits per heavy atom. The van der Waals surface area contributed by atoms with Crippen LogP contribution in [0.5, 0.6) is 0 Å². The van der Waals surface area contributed by atoms with Gasteiger partial charge < -0.3 is 9.84 Å². The lowest BCUT2D eigenvalue weighted by atomic mass is 10.2. The summed E-state index contributed by atoms with van der Waals surface area (Å²) < 4.78 is 4.57. The molecule has 2 heteroatoms. The molecule has 0 heterocycles. The SMILES string of the molecule is COC(O)/C=C/C(C)C. The molecule has 0 saturated carbocycles. The largest absolute Gasteiger partial charge is 0.365 e. The number of ether oxygens (including phenoxy) is 1. The fourth-order valence-corrected chi connectivity index (χ4v) is 0.396. The van der Waals surface area contributed by atoms with E-state index in [0.717, 1.165) is 0 Å². The fourth-order valence-electron chi connectivity index (χ4n) is 0.396. The lowest BCUT2D eigenvalue weighted by Gasteiger charge is -2.01. The summed E-state index contributed by atoms with van der Waals surface area (Å²) in [5.74, 6) is 0.467. The Balaban J connectivity index is 3.43. The van der Waals surface area contributed by atoms with E-state index in [-0.39, 0.29) is 0 Å². The Kier molecular flexibility index (Phi) is 4.36. The predicted octanol–water partition coefficient (Wildman–Crippen LogP) is 1.16. The van der Waals surface area contributed by atoms with Gasteiger partial charge in [-0.25, -0.2) is 0 Å². The molecule has 0 aliphatic rings. The smallest absolute Gasteiger partial charge is 0.173 e. The summed E-state index contributed by atoms with van der Waals surface area (Å²) in [5.41, 5.74) is 0. The van der Waals surface area contributed by atoms with E-state index in [4.69, 9.17) is 5.11 Å². The summed E-state index contributed by atoms with van der Waals surface area (Å²) in [6.07, 6.45) is 2.78. The first-order valence-electron chi connectivity index (χ1n) is 3.06. The monoisotopic (exact) mass is 130 g/mol. The van der Waals surface area contributed by atoms with Gasteiger partial charge in [0, 0.05) is 7.11 Å². The second kappa shape index (κ2) is 4.53. The van der Waals surface area contributed by atoms with Crippen LogP contribution < -0.4 is 0 Å². The van der Waals surface area contributed by atoms with Crippen LogP contribution in [0.3, 0.4) is 0 Å². The molecule has 0 spiro atoms. The summed E-state index contributed by atoms with van der Waals surface area (Å²) in [6.45, 7) is 4.08. The van der Waals surface area contributed by atoms with Crippen LogP contribution in [0, 0.1) is 5.92 Å². The van der Waals surface area contributed by atoms with Gasteiger partial charge in [0.05, 0.1) is 0 Å². The highest BCUT2D eigenvalue weighted by Gasteiger charge is 1.91. The van der Waals surface area contributed by atoms with Crippen molar-refractivity contribution in [3.63, 3.8) is 0 Å². The van der Waals surface area contributed by atoms with Crippen LogP contribution in [0.15, 0.2) is 12.2 Å². The van der Waals surface area contributed by atoms with Crippen LogP contribution in [-0.4, -0.2) is 18.5 Å². The van der Waals surface area contributed by atoms with Crippen molar-refractivity contribution in [2.75, 3.05) is 7.11 Å². The molecule has 0 aromatic carbocycles. The molecule has 1 N–H and O–H groups in total. The Hall–Kier alpha value is -0.340. The number of aliphatic hydroxyl groups is 1. The maximum absolute atomic E-state index is 8.80. The second-order valence-corrected chi connectivity index (χ2v) is 2.26. The molecule has 1 atom stereocenters. The minimum Gasteiger partial charge on any atom is -0.365 e. The van der Waals surface area contributed by atoms with E-state index in [1.807, 2.05) is 19.9 Å². The molecule has 0 amide bonds. The minimum atomic E-state index is -0.743. The minimum absolute atomic E-state index is 0.467. The Bertz CT molecular complexity index is 86.9. The lowest BCUT2D eigenvalue weighted by molar-refractivity contribution is -0.0359. The molecule has 0 rings (SSSR count). The number of allylic oxidation sites excluding steroid dienone is 1. The molecular weight excluding hydrogens is 116 g/mol. The van der Waals surface area contributed by atoms with Gasteiger partial charge in [0.25, 0.3) is 0 Å². The first kappa shape index (κ1) is 8.66. The van der Waals surface area contributed by atoms with Gasteiger partial charge in [-0.15, -0.1) is 0 Å². The Labute approximate surface area is 56.1 Å². The summed E-state index contributed by atoms with van der Waals surface area (Å²) in [5, 5.41) is 8.80. The second-order valence-electron chi connectivity index (χ2n) is 2.26. The zero-order valence-electron chi connectivity index (χ0n) is 6.16.